The summed E-state index contributed by atoms with van der Waals surface area (Å²) in [7, 11) is 0. The van der Waals surface area contributed by atoms with Crippen LogP contribution in [0.3, 0.4) is 0 Å². The number of nitrogens with one attached hydrogen (secondary N) is 1. The van der Waals surface area contributed by atoms with E-state index >= 15 is 0 Å². The Morgan fingerprint density at radius 2 is 1.90 bits per heavy atom. The van der Waals surface area contributed by atoms with E-state index in [4.69, 9.17) is 10.5 Å². The molecule has 0 fully saturated rings. The molecule has 0 unspecified atom stereocenters. The van der Waals surface area contributed by atoms with Gasteiger partial charge in [-0.3, -0.25) is 10.1 Å². The number of hydrogen-bond donors (Lipinski definition) is 2. The Hall–Kier alpha value is -2.60. The Morgan fingerprint density at radius 3 is 2.55 bits per heavy atom. The molecule has 0 aliphatic heterocycles. The molecule has 3 N–H and O–H groups in total. The number of ether oxygens (including phenoxy) is 1. The molecule has 0 saturated heterocycles. The van der Waals surface area contributed by atoms with Crippen molar-refractivity contribution in [1.82, 2.24) is 0 Å². The van der Waals surface area contributed by atoms with Crippen LogP contribution >= 0.6 is 0 Å². The second kappa shape index (κ2) is 6.53. The molecule has 0 atom stereocenters. The zero-order valence-corrected chi connectivity index (χ0v) is 10.8. The molecule has 6 heteroatoms. The lowest BCUT2D eigenvalue weighted by Gasteiger charge is -2.09. The predicted octanol–water partition coefficient (Wildman–Crippen LogP) is 2.68. The normalized spacial score (nSPS) is 10.1. The number of rotatable bonds is 6. The van der Waals surface area contributed by atoms with Crippen LogP contribution in [0.15, 0.2) is 48.5 Å². The summed E-state index contributed by atoms with van der Waals surface area (Å²) in [6, 6.07) is 13.7. The van der Waals surface area contributed by atoms with Gasteiger partial charge in [-0.05, 0) is 24.3 Å². The van der Waals surface area contributed by atoms with Crippen molar-refractivity contribution in [2.75, 3.05) is 18.5 Å². The highest BCUT2D eigenvalue weighted by molar-refractivity contribution is 5.62. The zero-order chi connectivity index (χ0) is 14.4. The van der Waals surface area contributed by atoms with Gasteiger partial charge in [0.15, 0.2) is 0 Å². The second-order valence-electron chi connectivity index (χ2n) is 4.09. The Bertz CT molecular complexity index is 584. The molecular formula is C14H15N3O3. The minimum atomic E-state index is -0.426. The van der Waals surface area contributed by atoms with E-state index in [0.29, 0.717) is 13.2 Å². The van der Waals surface area contributed by atoms with Gasteiger partial charge in [0.2, 0.25) is 0 Å². The van der Waals surface area contributed by atoms with Crippen molar-refractivity contribution in [3.8, 4) is 5.75 Å². The summed E-state index contributed by atoms with van der Waals surface area (Å²) < 4.78 is 5.43. The van der Waals surface area contributed by atoms with E-state index in [-0.39, 0.29) is 5.69 Å². The van der Waals surface area contributed by atoms with Gasteiger partial charge < -0.3 is 15.8 Å². The molecule has 2 aromatic rings. The highest BCUT2D eigenvalue weighted by Gasteiger charge is 2.04. The van der Waals surface area contributed by atoms with Crippen LogP contribution in [0.2, 0.25) is 0 Å². The number of non-ortho nitro benzene ring substituents is 1. The van der Waals surface area contributed by atoms with Crippen LogP contribution < -0.4 is 15.8 Å². The van der Waals surface area contributed by atoms with E-state index in [1.165, 1.54) is 12.1 Å². The molecule has 2 aromatic carbocycles. The highest BCUT2D eigenvalue weighted by Crippen LogP contribution is 2.23. The first kappa shape index (κ1) is 13.8. The molecule has 0 aliphatic rings. The van der Waals surface area contributed by atoms with E-state index in [0.717, 1.165) is 17.1 Å². The van der Waals surface area contributed by atoms with E-state index < -0.39 is 4.92 Å². The monoisotopic (exact) mass is 273 g/mol. The predicted molar refractivity (Wildman–Crippen MR) is 77.4 cm³/mol. The molecule has 6 nitrogen and oxygen atoms in total. The van der Waals surface area contributed by atoms with Crippen molar-refractivity contribution < 1.29 is 9.66 Å². The summed E-state index contributed by atoms with van der Waals surface area (Å²) >= 11 is 0. The summed E-state index contributed by atoms with van der Waals surface area (Å²) in [5.41, 5.74) is 7.06. The zero-order valence-electron chi connectivity index (χ0n) is 10.8. The molecule has 20 heavy (non-hydrogen) atoms. The van der Waals surface area contributed by atoms with Crippen molar-refractivity contribution in [2.24, 2.45) is 5.73 Å². The quantitative estimate of drug-likeness (QED) is 0.623. The van der Waals surface area contributed by atoms with Crippen LogP contribution in [0.25, 0.3) is 0 Å². The van der Waals surface area contributed by atoms with Gasteiger partial charge in [0.25, 0.3) is 5.69 Å². The summed E-state index contributed by atoms with van der Waals surface area (Å²) in [5, 5.41) is 13.7. The molecule has 0 aliphatic carbocycles. The summed E-state index contributed by atoms with van der Waals surface area (Å²) in [5.74, 6) is 0.724. The van der Waals surface area contributed by atoms with Crippen LogP contribution in [0.4, 0.5) is 17.1 Å². The SMILES string of the molecule is NCCOc1cccc(Nc2ccc([N+](=O)[O-])cc2)c1. The molecule has 2 rings (SSSR count). The fourth-order valence-electron chi connectivity index (χ4n) is 1.67. The van der Waals surface area contributed by atoms with Crippen molar-refractivity contribution in [2.45, 2.75) is 0 Å². The first-order valence-corrected chi connectivity index (χ1v) is 6.13. The average molecular weight is 273 g/mol. The van der Waals surface area contributed by atoms with E-state index in [9.17, 15) is 10.1 Å². The number of benzene rings is 2. The maximum Gasteiger partial charge on any atom is 0.269 e. The van der Waals surface area contributed by atoms with Crippen LogP contribution in [0.1, 0.15) is 0 Å². The molecular weight excluding hydrogens is 258 g/mol. The van der Waals surface area contributed by atoms with Gasteiger partial charge in [0.05, 0.1) is 4.92 Å². The third-order valence-corrected chi connectivity index (χ3v) is 2.59. The van der Waals surface area contributed by atoms with Crippen molar-refractivity contribution in [3.63, 3.8) is 0 Å². The maximum absolute atomic E-state index is 10.6. The minimum Gasteiger partial charge on any atom is -0.492 e. The third kappa shape index (κ3) is 3.69. The number of anilines is 2. The van der Waals surface area contributed by atoms with Crippen LogP contribution in [-0.2, 0) is 0 Å². The molecule has 0 saturated carbocycles. The van der Waals surface area contributed by atoms with Crippen molar-refractivity contribution >= 4 is 17.1 Å². The largest absolute Gasteiger partial charge is 0.492 e. The van der Waals surface area contributed by atoms with Gasteiger partial charge in [0.1, 0.15) is 12.4 Å². The standard InChI is InChI=1S/C14H15N3O3/c15-8-9-20-14-3-1-2-12(10-14)16-11-4-6-13(7-5-11)17(18)19/h1-7,10,16H,8-9,15H2. The van der Waals surface area contributed by atoms with Crippen LogP contribution in [0, 0.1) is 10.1 Å². The van der Waals surface area contributed by atoms with Crippen molar-refractivity contribution in [1.29, 1.82) is 0 Å². The minimum absolute atomic E-state index is 0.0654. The van der Waals surface area contributed by atoms with Gasteiger partial charge in [-0.15, -0.1) is 0 Å². The number of nitro groups is 1. The second-order valence-corrected chi connectivity index (χ2v) is 4.09. The number of nitro benzene ring substituents is 1. The Morgan fingerprint density at radius 1 is 1.15 bits per heavy atom. The highest BCUT2D eigenvalue weighted by atomic mass is 16.6. The lowest BCUT2D eigenvalue weighted by atomic mass is 10.2. The van der Waals surface area contributed by atoms with Gasteiger partial charge in [-0.2, -0.15) is 0 Å². The maximum atomic E-state index is 10.6. The van der Waals surface area contributed by atoms with E-state index in [1.807, 2.05) is 24.3 Å². The summed E-state index contributed by atoms with van der Waals surface area (Å²) in [4.78, 5) is 10.1. The molecule has 0 aromatic heterocycles. The Labute approximate surface area is 116 Å². The first-order chi connectivity index (χ1) is 9.69. The van der Waals surface area contributed by atoms with Gasteiger partial charge in [0, 0.05) is 36.1 Å². The molecule has 0 radical (unpaired) electrons. The summed E-state index contributed by atoms with van der Waals surface area (Å²) in [6.07, 6.45) is 0. The van der Waals surface area contributed by atoms with Gasteiger partial charge in [-0.25, -0.2) is 0 Å². The summed E-state index contributed by atoms with van der Waals surface area (Å²) in [6.45, 7) is 0.918. The smallest absolute Gasteiger partial charge is 0.269 e. The van der Waals surface area contributed by atoms with Gasteiger partial charge >= 0.3 is 0 Å². The molecule has 0 spiro atoms. The van der Waals surface area contributed by atoms with Crippen LogP contribution in [-0.4, -0.2) is 18.1 Å². The van der Waals surface area contributed by atoms with E-state index in [1.54, 1.807) is 12.1 Å². The van der Waals surface area contributed by atoms with Crippen LogP contribution in [0.5, 0.6) is 5.75 Å². The Balaban J connectivity index is 2.07. The number of nitrogens with zero attached hydrogens (tertiary/aromatic N) is 1. The number of nitrogens with two attached hydrogens (primary N) is 1. The molecule has 0 bridgehead atoms. The average Bonchev–Trinajstić information content (AvgIpc) is 2.46. The molecule has 104 valence electrons. The van der Waals surface area contributed by atoms with E-state index in [2.05, 4.69) is 5.32 Å². The fourth-order valence-corrected chi connectivity index (χ4v) is 1.67. The van der Waals surface area contributed by atoms with Crippen molar-refractivity contribution in [3.05, 3.63) is 58.6 Å². The first-order valence-electron chi connectivity index (χ1n) is 6.13. The number of hydrogen-bond acceptors (Lipinski definition) is 5. The third-order valence-electron chi connectivity index (χ3n) is 2.59. The van der Waals surface area contributed by atoms with Gasteiger partial charge in [-0.1, -0.05) is 6.07 Å². The molecule has 0 amide bonds. The molecule has 0 heterocycles. The Kier molecular flexibility index (Phi) is 4.52. The topological polar surface area (TPSA) is 90.4 Å². The lowest BCUT2D eigenvalue weighted by Crippen LogP contribution is -2.10. The lowest BCUT2D eigenvalue weighted by molar-refractivity contribution is -0.384. The fraction of sp³-hybridized carbons (Fsp3) is 0.143.